The van der Waals surface area contributed by atoms with Gasteiger partial charge in [-0.2, -0.15) is 0 Å². The van der Waals surface area contributed by atoms with Crippen molar-refractivity contribution in [2.24, 2.45) is 5.92 Å². The first-order valence-electron chi connectivity index (χ1n) is 10.1. The van der Waals surface area contributed by atoms with E-state index >= 15 is 0 Å². The van der Waals surface area contributed by atoms with Gasteiger partial charge in [0.2, 0.25) is 5.91 Å². The lowest BCUT2D eigenvalue weighted by Gasteiger charge is -2.41. The molecule has 3 heterocycles. The molecule has 0 radical (unpaired) electrons. The van der Waals surface area contributed by atoms with E-state index in [2.05, 4.69) is 19.8 Å². The van der Waals surface area contributed by atoms with Crippen LogP contribution >= 0.6 is 0 Å². The predicted molar refractivity (Wildman–Crippen MR) is 98.3 cm³/mol. The minimum absolute atomic E-state index is 0.103. The molecule has 1 atom stereocenters. The van der Waals surface area contributed by atoms with Gasteiger partial charge < -0.3 is 9.80 Å². The number of hydrogen-bond acceptors (Lipinski definition) is 4. The van der Waals surface area contributed by atoms with Gasteiger partial charge >= 0.3 is 0 Å². The van der Waals surface area contributed by atoms with E-state index in [4.69, 9.17) is 0 Å². The second-order valence-corrected chi connectivity index (χ2v) is 8.14. The highest BCUT2D eigenvalue weighted by atomic mass is 16.2. The number of anilines is 1. The SMILES string of the molecule is O=C1CC[C@]2(CCCN(c3cnccn3)CC2)N1CC1CCCCC1. The van der Waals surface area contributed by atoms with Gasteiger partial charge in [0.05, 0.1) is 6.20 Å². The van der Waals surface area contributed by atoms with Crippen LogP contribution in [0.4, 0.5) is 5.82 Å². The van der Waals surface area contributed by atoms with Crippen molar-refractivity contribution < 1.29 is 4.79 Å². The lowest BCUT2D eigenvalue weighted by Crippen LogP contribution is -2.48. The van der Waals surface area contributed by atoms with E-state index in [1.807, 2.05) is 6.20 Å². The van der Waals surface area contributed by atoms with Gasteiger partial charge in [-0.15, -0.1) is 0 Å². The zero-order valence-corrected chi connectivity index (χ0v) is 15.2. The predicted octanol–water partition coefficient (Wildman–Crippen LogP) is 3.41. The smallest absolute Gasteiger partial charge is 0.223 e. The molecule has 25 heavy (non-hydrogen) atoms. The highest BCUT2D eigenvalue weighted by molar-refractivity contribution is 5.79. The number of hydrogen-bond donors (Lipinski definition) is 0. The van der Waals surface area contributed by atoms with Crippen LogP contribution in [0.2, 0.25) is 0 Å². The molecule has 136 valence electrons. The lowest BCUT2D eigenvalue weighted by molar-refractivity contribution is -0.132. The molecule has 0 unspecified atom stereocenters. The van der Waals surface area contributed by atoms with E-state index in [0.717, 1.165) is 63.5 Å². The van der Waals surface area contributed by atoms with Gasteiger partial charge in [0.15, 0.2) is 0 Å². The van der Waals surface area contributed by atoms with Crippen molar-refractivity contribution in [3.05, 3.63) is 18.6 Å². The third-order valence-electron chi connectivity index (χ3n) is 6.63. The van der Waals surface area contributed by atoms with Gasteiger partial charge in [-0.05, 0) is 44.4 Å². The number of nitrogens with zero attached hydrogens (tertiary/aromatic N) is 4. The molecule has 3 fully saturated rings. The summed E-state index contributed by atoms with van der Waals surface area (Å²) >= 11 is 0. The second kappa shape index (κ2) is 7.30. The summed E-state index contributed by atoms with van der Waals surface area (Å²) in [4.78, 5) is 26.0. The molecule has 0 bridgehead atoms. The average Bonchev–Trinajstić information content (AvgIpc) is 2.84. The highest BCUT2D eigenvalue weighted by Gasteiger charge is 2.46. The zero-order valence-electron chi connectivity index (χ0n) is 15.2. The molecule has 1 aromatic heterocycles. The van der Waals surface area contributed by atoms with Crippen LogP contribution in [0.1, 0.15) is 64.2 Å². The maximum Gasteiger partial charge on any atom is 0.223 e. The Morgan fingerprint density at radius 3 is 2.72 bits per heavy atom. The van der Waals surface area contributed by atoms with E-state index < -0.39 is 0 Å². The van der Waals surface area contributed by atoms with Crippen molar-refractivity contribution in [2.45, 2.75) is 69.7 Å². The Kier molecular flexibility index (Phi) is 4.91. The van der Waals surface area contributed by atoms with E-state index in [1.165, 1.54) is 32.1 Å². The lowest BCUT2D eigenvalue weighted by atomic mass is 9.84. The van der Waals surface area contributed by atoms with Gasteiger partial charge in [0, 0.05) is 44.0 Å². The number of likely N-dealkylation sites (tertiary alicyclic amines) is 1. The Bertz CT molecular complexity index is 587. The molecular formula is C20H30N4O. The molecule has 1 spiro atoms. The third kappa shape index (κ3) is 3.51. The van der Waals surface area contributed by atoms with Gasteiger partial charge in [0.1, 0.15) is 5.82 Å². The van der Waals surface area contributed by atoms with Crippen molar-refractivity contribution >= 4 is 11.7 Å². The molecule has 2 aliphatic heterocycles. The molecule has 3 aliphatic rings. The summed E-state index contributed by atoms with van der Waals surface area (Å²) in [7, 11) is 0. The van der Waals surface area contributed by atoms with Crippen molar-refractivity contribution in [3.63, 3.8) is 0 Å². The van der Waals surface area contributed by atoms with Gasteiger partial charge in [-0.3, -0.25) is 9.78 Å². The molecule has 5 heteroatoms. The summed E-state index contributed by atoms with van der Waals surface area (Å²) in [5, 5.41) is 0. The summed E-state index contributed by atoms with van der Waals surface area (Å²) in [6, 6.07) is 0. The van der Waals surface area contributed by atoms with E-state index in [1.54, 1.807) is 12.4 Å². The van der Waals surface area contributed by atoms with E-state index in [-0.39, 0.29) is 5.54 Å². The highest BCUT2D eigenvalue weighted by Crippen LogP contribution is 2.41. The maximum absolute atomic E-state index is 12.7. The minimum atomic E-state index is 0.103. The van der Waals surface area contributed by atoms with Crippen LogP contribution in [-0.2, 0) is 4.79 Å². The topological polar surface area (TPSA) is 49.3 Å². The molecular weight excluding hydrogens is 312 g/mol. The van der Waals surface area contributed by atoms with Crippen LogP contribution in [0.5, 0.6) is 0 Å². The first kappa shape index (κ1) is 16.8. The van der Waals surface area contributed by atoms with E-state index in [9.17, 15) is 4.79 Å². The van der Waals surface area contributed by atoms with Gasteiger partial charge in [0.25, 0.3) is 0 Å². The number of aromatic nitrogens is 2. The monoisotopic (exact) mass is 342 g/mol. The summed E-state index contributed by atoms with van der Waals surface area (Å²) < 4.78 is 0. The fourth-order valence-corrected chi connectivity index (χ4v) is 5.18. The van der Waals surface area contributed by atoms with Crippen molar-refractivity contribution in [1.82, 2.24) is 14.9 Å². The molecule has 1 amide bonds. The summed E-state index contributed by atoms with van der Waals surface area (Å²) in [6.07, 6.45) is 17.2. The Balaban J connectivity index is 1.46. The molecule has 2 saturated heterocycles. The summed E-state index contributed by atoms with van der Waals surface area (Å²) in [6.45, 7) is 3.00. The van der Waals surface area contributed by atoms with Crippen LogP contribution < -0.4 is 4.90 Å². The average molecular weight is 342 g/mol. The minimum Gasteiger partial charge on any atom is -0.355 e. The normalized spacial score (nSPS) is 28.6. The van der Waals surface area contributed by atoms with Crippen LogP contribution in [-0.4, -0.2) is 45.9 Å². The van der Waals surface area contributed by atoms with Crippen molar-refractivity contribution in [3.8, 4) is 0 Å². The number of amides is 1. The van der Waals surface area contributed by atoms with Crippen molar-refractivity contribution in [2.75, 3.05) is 24.5 Å². The van der Waals surface area contributed by atoms with Crippen LogP contribution in [0.3, 0.4) is 0 Å². The quantitative estimate of drug-likeness (QED) is 0.845. The Labute approximate surface area is 150 Å². The Morgan fingerprint density at radius 2 is 1.92 bits per heavy atom. The molecule has 0 aromatic carbocycles. The van der Waals surface area contributed by atoms with Crippen LogP contribution in [0, 0.1) is 5.92 Å². The fraction of sp³-hybridized carbons (Fsp3) is 0.750. The van der Waals surface area contributed by atoms with Gasteiger partial charge in [-0.25, -0.2) is 4.98 Å². The first-order valence-corrected chi connectivity index (χ1v) is 10.1. The molecule has 4 rings (SSSR count). The Morgan fingerprint density at radius 1 is 1.04 bits per heavy atom. The van der Waals surface area contributed by atoms with Gasteiger partial charge in [-0.1, -0.05) is 19.3 Å². The maximum atomic E-state index is 12.7. The van der Waals surface area contributed by atoms with Crippen molar-refractivity contribution in [1.29, 1.82) is 0 Å². The molecule has 1 saturated carbocycles. The summed E-state index contributed by atoms with van der Waals surface area (Å²) in [5.41, 5.74) is 0.103. The molecule has 5 nitrogen and oxygen atoms in total. The second-order valence-electron chi connectivity index (χ2n) is 8.14. The standard InChI is InChI=1S/C20H30N4O/c25-19-7-9-20(24(19)16-17-5-2-1-3-6-17)8-4-13-23(14-10-20)18-15-21-11-12-22-18/h11-12,15,17H,1-10,13-14,16H2/t20-/m0/s1. The zero-order chi connectivity index (χ0) is 17.1. The molecule has 1 aromatic rings. The fourth-order valence-electron chi connectivity index (χ4n) is 5.18. The van der Waals surface area contributed by atoms with E-state index in [0.29, 0.717) is 5.91 Å². The number of carbonyl (C=O) groups excluding carboxylic acids is 1. The summed E-state index contributed by atoms with van der Waals surface area (Å²) in [5.74, 6) is 2.10. The van der Waals surface area contributed by atoms with Crippen LogP contribution in [0.15, 0.2) is 18.6 Å². The van der Waals surface area contributed by atoms with Crippen LogP contribution in [0.25, 0.3) is 0 Å². The number of rotatable bonds is 3. The molecule has 0 N–H and O–H groups in total. The Hall–Kier alpha value is -1.65. The molecule has 1 aliphatic carbocycles. The third-order valence-corrected chi connectivity index (χ3v) is 6.63. The first-order chi connectivity index (χ1) is 12.3. The largest absolute Gasteiger partial charge is 0.355 e. The number of carbonyl (C=O) groups is 1.